The minimum absolute atomic E-state index is 0.305. The van der Waals surface area contributed by atoms with Crippen LogP contribution >= 0.6 is 0 Å². The van der Waals surface area contributed by atoms with Crippen molar-refractivity contribution in [3.8, 4) is 5.75 Å². The van der Waals surface area contributed by atoms with Gasteiger partial charge in [-0.2, -0.15) is 0 Å². The minimum atomic E-state index is -1.39. The van der Waals surface area contributed by atoms with Crippen molar-refractivity contribution in [1.82, 2.24) is 4.98 Å². The van der Waals surface area contributed by atoms with Gasteiger partial charge in [0, 0.05) is 41.8 Å². The topological polar surface area (TPSA) is 106 Å². The fourth-order valence-corrected chi connectivity index (χ4v) is 6.84. The largest absolute Gasteiger partial charge is 0.427 e. The molecule has 1 amide bonds. The van der Waals surface area contributed by atoms with Gasteiger partial charge in [-0.05, 0) is 59.7 Å². The average Bonchev–Trinajstić information content (AvgIpc) is 3.49. The van der Waals surface area contributed by atoms with Crippen molar-refractivity contribution in [2.45, 2.75) is 24.4 Å². The number of Topliss-reactive ketones (excluding diaryl/α,β-unsaturated/α-hetero) is 2. The summed E-state index contributed by atoms with van der Waals surface area (Å²) in [6.07, 6.45) is 6.96. The fraction of sp³-hybridized carbons (Fsp3) is 0.147. The number of benzene rings is 3. The van der Waals surface area contributed by atoms with Crippen LogP contribution in [0, 0.1) is 5.92 Å². The zero-order chi connectivity index (χ0) is 29.0. The number of esters is 1. The van der Waals surface area contributed by atoms with Gasteiger partial charge in [0.2, 0.25) is 5.91 Å². The predicted octanol–water partition coefficient (Wildman–Crippen LogP) is 4.86. The number of carbonyl (C=O) groups is 4. The van der Waals surface area contributed by atoms with E-state index in [1.54, 1.807) is 36.4 Å². The molecule has 0 unspecified atom stereocenters. The number of anilines is 2. The molecule has 8 heteroatoms. The molecule has 1 spiro atoms. The standard InChI is InChI=1S/C34H25N3O5/c1-20(38)42-24-13-10-22(11-14-24)32(40)30-29(31(39)23-16-18-35-19-17-23)34(25-7-3-4-8-26(25)36-33(34)41)28-15-12-21-6-2-5-9-27(21)37(28)30/h2-19,28-30H,1H3,(H,36,41)/t28-,29+,30-,34-/m0/s1. The van der Waals surface area contributed by atoms with Gasteiger partial charge in [0.1, 0.15) is 17.2 Å². The maximum atomic E-state index is 14.7. The minimum Gasteiger partial charge on any atom is -0.427 e. The molecular formula is C34H25N3O5. The van der Waals surface area contributed by atoms with Gasteiger partial charge in [0.15, 0.2) is 11.6 Å². The number of pyridine rings is 1. The second-order valence-corrected chi connectivity index (χ2v) is 10.6. The Morgan fingerprint density at radius 3 is 2.31 bits per heavy atom. The quantitative estimate of drug-likeness (QED) is 0.213. The van der Waals surface area contributed by atoms with Gasteiger partial charge < -0.3 is 15.0 Å². The molecule has 1 aromatic heterocycles. The molecule has 4 heterocycles. The van der Waals surface area contributed by atoms with Gasteiger partial charge in [-0.3, -0.25) is 24.2 Å². The fourth-order valence-electron chi connectivity index (χ4n) is 6.84. The van der Waals surface area contributed by atoms with Crippen molar-refractivity contribution >= 4 is 40.9 Å². The Labute approximate surface area is 241 Å². The molecule has 3 aliphatic heterocycles. The number of para-hydroxylation sites is 2. The molecule has 206 valence electrons. The van der Waals surface area contributed by atoms with Crippen LogP contribution in [-0.2, 0) is 15.0 Å². The average molecular weight is 556 g/mol. The lowest BCUT2D eigenvalue weighted by molar-refractivity contribution is -0.131. The number of hydrogen-bond acceptors (Lipinski definition) is 7. The zero-order valence-corrected chi connectivity index (χ0v) is 22.6. The number of amides is 1. The van der Waals surface area contributed by atoms with E-state index in [0.717, 1.165) is 11.3 Å². The molecule has 3 aliphatic rings. The second-order valence-electron chi connectivity index (χ2n) is 10.6. The summed E-state index contributed by atoms with van der Waals surface area (Å²) in [6, 6.07) is 22.9. The van der Waals surface area contributed by atoms with Crippen molar-refractivity contribution in [2.75, 3.05) is 10.2 Å². The first-order chi connectivity index (χ1) is 20.4. The Morgan fingerprint density at radius 2 is 1.55 bits per heavy atom. The molecular weight excluding hydrogens is 530 g/mol. The number of rotatable bonds is 5. The van der Waals surface area contributed by atoms with Crippen LogP contribution in [0.3, 0.4) is 0 Å². The van der Waals surface area contributed by atoms with E-state index in [2.05, 4.69) is 10.3 Å². The van der Waals surface area contributed by atoms with Crippen LogP contribution in [0.2, 0.25) is 0 Å². The van der Waals surface area contributed by atoms with Crippen LogP contribution in [-0.4, -0.2) is 40.5 Å². The van der Waals surface area contributed by atoms with E-state index in [4.69, 9.17) is 4.74 Å². The monoisotopic (exact) mass is 555 g/mol. The predicted molar refractivity (Wildman–Crippen MR) is 156 cm³/mol. The lowest BCUT2D eigenvalue weighted by Crippen LogP contribution is -2.51. The summed E-state index contributed by atoms with van der Waals surface area (Å²) in [5, 5.41) is 3.02. The Kier molecular flexibility index (Phi) is 5.86. The van der Waals surface area contributed by atoms with Crippen LogP contribution in [0.25, 0.3) is 6.08 Å². The van der Waals surface area contributed by atoms with E-state index >= 15 is 0 Å². The maximum absolute atomic E-state index is 14.7. The number of nitrogens with one attached hydrogen (secondary N) is 1. The van der Waals surface area contributed by atoms with E-state index in [-0.39, 0.29) is 17.5 Å². The van der Waals surface area contributed by atoms with E-state index in [1.807, 2.05) is 65.6 Å². The summed E-state index contributed by atoms with van der Waals surface area (Å²) in [4.78, 5) is 61.2. The molecule has 0 bridgehead atoms. The van der Waals surface area contributed by atoms with Crippen LogP contribution in [0.4, 0.5) is 11.4 Å². The van der Waals surface area contributed by atoms with E-state index in [1.165, 1.54) is 19.3 Å². The third-order valence-electron chi connectivity index (χ3n) is 8.46. The highest BCUT2D eigenvalue weighted by Gasteiger charge is 2.70. The summed E-state index contributed by atoms with van der Waals surface area (Å²) in [5.74, 6) is -2.21. The number of ether oxygens (including phenoxy) is 1. The van der Waals surface area contributed by atoms with E-state index in [9.17, 15) is 19.2 Å². The van der Waals surface area contributed by atoms with Gasteiger partial charge in [-0.15, -0.1) is 0 Å². The molecule has 7 rings (SSSR count). The number of nitrogens with zero attached hydrogens (tertiary/aromatic N) is 2. The van der Waals surface area contributed by atoms with Crippen molar-refractivity contribution in [3.05, 3.63) is 126 Å². The molecule has 8 nitrogen and oxygen atoms in total. The highest BCUT2D eigenvalue weighted by molar-refractivity contribution is 6.18. The molecule has 0 radical (unpaired) electrons. The lowest BCUT2D eigenvalue weighted by atomic mass is 9.64. The molecule has 0 aliphatic carbocycles. The number of carbonyl (C=O) groups excluding carboxylic acids is 4. The van der Waals surface area contributed by atoms with Crippen LogP contribution in [0.1, 0.15) is 38.8 Å². The van der Waals surface area contributed by atoms with Gasteiger partial charge in [-0.1, -0.05) is 48.6 Å². The maximum Gasteiger partial charge on any atom is 0.308 e. The van der Waals surface area contributed by atoms with Crippen LogP contribution in [0.15, 0.2) is 103 Å². The number of ketones is 2. The van der Waals surface area contributed by atoms with Crippen molar-refractivity contribution in [1.29, 1.82) is 0 Å². The van der Waals surface area contributed by atoms with Gasteiger partial charge in [0.25, 0.3) is 0 Å². The molecule has 42 heavy (non-hydrogen) atoms. The first kappa shape index (κ1) is 25.6. The van der Waals surface area contributed by atoms with Gasteiger partial charge in [0.05, 0.1) is 12.0 Å². The summed E-state index contributed by atoms with van der Waals surface area (Å²) in [5.41, 5.74) is 2.27. The van der Waals surface area contributed by atoms with Crippen molar-refractivity contribution in [2.24, 2.45) is 5.92 Å². The number of aromatic nitrogens is 1. The van der Waals surface area contributed by atoms with Crippen molar-refractivity contribution in [3.63, 3.8) is 0 Å². The second kappa shape index (κ2) is 9.62. The third kappa shape index (κ3) is 3.65. The molecule has 0 saturated carbocycles. The summed E-state index contributed by atoms with van der Waals surface area (Å²) in [6.45, 7) is 1.30. The summed E-state index contributed by atoms with van der Waals surface area (Å²) >= 11 is 0. The first-order valence-corrected chi connectivity index (χ1v) is 13.6. The normalized spacial score (nSPS) is 23.1. The molecule has 1 fully saturated rings. The number of fused-ring (bicyclic) bond motifs is 6. The zero-order valence-electron chi connectivity index (χ0n) is 22.6. The summed E-state index contributed by atoms with van der Waals surface area (Å²) in [7, 11) is 0. The van der Waals surface area contributed by atoms with Crippen molar-refractivity contribution < 1.29 is 23.9 Å². The molecule has 3 aromatic carbocycles. The van der Waals surface area contributed by atoms with Crippen LogP contribution < -0.4 is 15.0 Å². The Bertz CT molecular complexity index is 1800. The van der Waals surface area contributed by atoms with Gasteiger partial charge >= 0.3 is 5.97 Å². The van der Waals surface area contributed by atoms with E-state index < -0.39 is 29.4 Å². The molecule has 4 atom stereocenters. The SMILES string of the molecule is CC(=O)Oc1ccc(C(=O)[C@@H]2[C@H](C(=O)c3ccncc3)[C@@]3(C(=O)Nc4ccccc43)[C@@H]3C=Cc4ccccc4N23)cc1. The Balaban J connectivity index is 1.48. The summed E-state index contributed by atoms with van der Waals surface area (Å²) < 4.78 is 5.17. The molecule has 1 N–H and O–H groups in total. The highest BCUT2D eigenvalue weighted by Crippen LogP contribution is 2.58. The van der Waals surface area contributed by atoms with Gasteiger partial charge in [-0.25, -0.2) is 0 Å². The lowest BCUT2D eigenvalue weighted by Gasteiger charge is -2.37. The highest BCUT2D eigenvalue weighted by atomic mass is 16.5. The number of hydrogen-bond donors (Lipinski definition) is 1. The van der Waals surface area contributed by atoms with E-state index in [0.29, 0.717) is 28.1 Å². The Hall–Kier alpha value is -5.37. The van der Waals surface area contributed by atoms with Crippen LogP contribution in [0.5, 0.6) is 5.75 Å². The Morgan fingerprint density at radius 1 is 0.857 bits per heavy atom. The molecule has 1 saturated heterocycles. The third-order valence-corrected chi connectivity index (χ3v) is 8.46. The first-order valence-electron chi connectivity index (χ1n) is 13.6. The smallest absolute Gasteiger partial charge is 0.308 e. The molecule has 4 aromatic rings.